The highest BCUT2D eigenvalue weighted by Gasteiger charge is 2.10. The van der Waals surface area contributed by atoms with Crippen LogP contribution in [-0.4, -0.2) is 29.9 Å². The number of aromatic nitrogens is 2. The Kier molecular flexibility index (Phi) is 8.02. The molecule has 1 heterocycles. The standard InChI is InChI=1S/C20H28N2O3/c1-3-4-5-6-7-8-13-25-18-11-9-16(10-12-18)14-17-15-19(22-21-17)20(23)24-2/h9-12,15H,3-8,13-14H2,1-2H3,(H,21,22). The molecule has 0 radical (unpaired) electrons. The van der Waals surface area contributed by atoms with Gasteiger partial charge in [-0.05, 0) is 30.2 Å². The number of methoxy groups -OCH3 is 1. The number of nitrogens with one attached hydrogen (secondary N) is 1. The van der Waals surface area contributed by atoms with Crippen molar-refractivity contribution in [3.63, 3.8) is 0 Å². The molecule has 0 aliphatic rings. The number of aromatic amines is 1. The van der Waals surface area contributed by atoms with Gasteiger partial charge in [0.2, 0.25) is 0 Å². The van der Waals surface area contributed by atoms with Crippen LogP contribution in [0.5, 0.6) is 5.75 Å². The van der Waals surface area contributed by atoms with Crippen LogP contribution in [0.25, 0.3) is 0 Å². The summed E-state index contributed by atoms with van der Waals surface area (Å²) in [5.74, 6) is 0.470. The third-order valence-electron chi connectivity index (χ3n) is 4.11. The summed E-state index contributed by atoms with van der Waals surface area (Å²) in [5.41, 5.74) is 2.31. The number of carbonyl (C=O) groups is 1. The number of benzene rings is 1. The average Bonchev–Trinajstić information content (AvgIpc) is 3.10. The predicted octanol–water partition coefficient (Wildman–Crippen LogP) is 4.53. The smallest absolute Gasteiger partial charge is 0.358 e. The molecular weight excluding hydrogens is 316 g/mol. The molecule has 0 aliphatic heterocycles. The van der Waals surface area contributed by atoms with Crippen LogP contribution in [0.1, 0.15) is 67.2 Å². The van der Waals surface area contributed by atoms with E-state index in [1.807, 2.05) is 24.3 Å². The van der Waals surface area contributed by atoms with Crippen LogP contribution in [0.4, 0.5) is 0 Å². The molecule has 0 bridgehead atoms. The second-order valence-corrected chi connectivity index (χ2v) is 6.21. The molecule has 1 aromatic heterocycles. The second kappa shape index (κ2) is 10.5. The first-order chi connectivity index (χ1) is 12.2. The van der Waals surface area contributed by atoms with Gasteiger partial charge in [-0.15, -0.1) is 0 Å². The molecule has 1 N–H and O–H groups in total. The monoisotopic (exact) mass is 344 g/mol. The first-order valence-corrected chi connectivity index (χ1v) is 9.07. The fourth-order valence-electron chi connectivity index (χ4n) is 2.66. The van der Waals surface area contributed by atoms with Crippen molar-refractivity contribution in [2.24, 2.45) is 0 Å². The molecule has 5 heteroatoms. The van der Waals surface area contributed by atoms with Gasteiger partial charge in [-0.3, -0.25) is 5.10 Å². The van der Waals surface area contributed by atoms with Gasteiger partial charge < -0.3 is 9.47 Å². The molecule has 0 aliphatic carbocycles. The van der Waals surface area contributed by atoms with Crippen molar-refractivity contribution in [2.75, 3.05) is 13.7 Å². The minimum absolute atomic E-state index is 0.302. The lowest BCUT2D eigenvalue weighted by atomic mass is 10.1. The number of rotatable bonds is 11. The molecule has 0 fully saturated rings. The third kappa shape index (κ3) is 6.61. The van der Waals surface area contributed by atoms with Gasteiger partial charge >= 0.3 is 5.97 Å². The number of H-pyrrole nitrogens is 1. The molecule has 1 aromatic carbocycles. The largest absolute Gasteiger partial charge is 0.494 e. The Morgan fingerprint density at radius 1 is 1.08 bits per heavy atom. The molecule has 2 rings (SSSR count). The minimum Gasteiger partial charge on any atom is -0.494 e. The Balaban J connectivity index is 1.72. The van der Waals surface area contributed by atoms with E-state index in [0.29, 0.717) is 12.1 Å². The van der Waals surface area contributed by atoms with Crippen LogP contribution >= 0.6 is 0 Å². The molecule has 0 unspecified atom stereocenters. The summed E-state index contributed by atoms with van der Waals surface area (Å²) < 4.78 is 10.4. The number of esters is 1. The number of unbranched alkanes of at least 4 members (excludes halogenated alkanes) is 5. The lowest BCUT2D eigenvalue weighted by Crippen LogP contribution is -2.00. The molecule has 2 aromatic rings. The highest BCUT2D eigenvalue weighted by molar-refractivity contribution is 5.87. The lowest BCUT2D eigenvalue weighted by Gasteiger charge is -2.07. The zero-order valence-electron chi connectivity index (χ0n) is 15.2. The van der Waals surface area contributed by atoms with Crippen LogP contribution in [-0.2, 0) is 11.2 Å². The fraction of sp³-hybridized carbons (Fsp3) is 0.500. The second-order valence-electron chi connectivity index (χ2n) is 6.21. The predicted molar refractivity (Wildman–Crippen MR) is 98.0 cm³/mol. The molecule has 0 atom stereocenters. The highest BCUT2D eigenvalue weighted by atomic mass is 16.5. The number of nitrogens with zero attached hydrogens (tertiary/aromatic N) is 1. The lowest BCUT2D eigenvalue weighted by molar-refractivity contribution is 0.0594. The van der Waals surface area contributed by atoms with Crippen molar-refractivity contribution in [2.45, 2.75) is 51.9 Å². The molecule has 0 amide bonds. The van der Waals surface area contributed by atoms with Crippen LogP contribution < -0.4 is 4.74 Å². The SMILES string of the molecule is CCCCCCCCOc1ccc(Cc2cc(C(=O)OC)n[nH]2)cc1. The van der Waals surface area contributed by atoms with Crippen molar-refractivity contribution < 1.29 is 14.3 Å². The molecular formula is C20H28N2O3. The van der Waals surface area contributed by atoms with Crippen molar-refractivity contribution in [3.8, 4) is 5.75 Å². The van der Waals surface area contributed by atoms with E-state index >= 15 is 0 Å². The molecule has 0 spiro atoms. The highest BCUT2D eigenvalue weighted by Crippen LogP contribution is 2.16. The minimum atomic E-state index is -0.430. The summed E-state index contributed by atoms with van der Waals surface area (Å²) in [6.45, 7) is 3.01. The van der Waals surface area contributed by atoms with Crippen molar-refractivity contribution >= 4 is 5.97 Å². The van der Waals surface area contributed by atoms with E-state index in [-0.39, 0.29) is 0 Å². The van der Waals surface area contributed by atoms with E-state index in [1.54, 1.807) is 6.07 Å². The number of carbonyl (C=O) groups excluding carboxylic acids is 1. The van der Waals surface area contributed by atoms with Gasteiger partial charge in [0, 0.05) is 12.1 Å². The quantitative estimate of drug-likeness (QED) is 0.480. The number of ether oxygens (including phenoxy) is 2. The summed E-state index contributed by atoms with van der Waals surface area (Å²) in [4.78, 5) is 11.4. The van der Waals surface area contributed by atoms with Gasteiger partial charge in [-0.1, -0.05) is 51.2 Å². The van der Waals surface area contributed by atoms with Crippen LogP contribution in [0, 0.1) is 0 Å². The van der Waals surface area contributed by atoms with Gasteiger partial charge in [0.1, 0.15) is 5.75 Å². The molecule has 136 valence electrons. The Bertz CT molecular complexity index is 635. The van der Waals surface area contributed by atoms with E-state index < -0.39 is 5.97 Å². The Hall–Kier alpha value is -2.30. The maximum absolute atomic E-state index is 11.4. The van der Waals surface area contributed by atoms with Gasteiger partial charge in [0.15, 0.2) is 5.69 Å². The van der Waals surface area contributed by atoms with Gasteiger partial charge in [-0.25, -0.2) is 4.79 Å². The molecule has 25 heavy (non-hydrogen) atoms. The Morgan fingerprint density at radius 2 is 1.80 bits per heavy atom. The zero-order valence-corrected chi connectivity index (χ0v) is 15.2. The summed E-state index contributed by atoms with van der Waals surface area (Å²) in [7, 11) is 1.35. The van der Waals surface area contributed by atoms with Crippen molar-refractivity contribution in [1.29, 1.82) is 0 Å². The van der Waals surface area contributed by atoms with E-state index in [0.717, 1.165) is 30.0 Å². The van der Waals surface area contributed by atoms with E-state index in [4.69, 9.17) is 4.74 Å². The van der Waals surface area contributed by atoms with Gasteiger partial charge in [0.25, 0.3) is 0 Å². The van der Waals surface area contributed by atoms with Gasteiger partial charge in [-0.2, -0.15) is 5.10 Å². The summed E-state index contributed by atoms with van der Waals surface area (Å²) in [5, 5.41) is 6.82. The van der Waals surface area contributed by atoms with Crippen molar-refractivity contribution in [1.82, 2.24) is 10.2 Å². The van der Waals surface area contributed by atoms with Crippen LogP contribution in [0.2, 0.25) is 0 Å². The Labute approximate surface area is 149 Å². The number of hydrogen-bond acceptors (Lipinski definition) is 4. The topological polar surface area (TPSA) is 64.2 Å². The first kappa shape index (κ1) is 19.0. The van der Waals surface area contributed by atoms with Crippen molar-refractivity contribution in [3.05, 3.63) is 47.3 Å². The third-order valence-corrected chi connectivity index (χ3v) is 4.11. The van der Waals surface area contributed by atoms with Crippen LogP contribution in [0.15, 0.2) is 30.3 Å². The van der Waals surface area contributed by atoms with E-state index in [9.17, 15) is 4.79 Å². The normalized spacial score (nSPS) is 10.6. The van der Waals surface area contributed by atoms with E-state index in [2.05, 4.69) is 21.9 Å². The van der Waals surface area contributed by atoms with E-state index in [1.165, 1.54) is 39.2 Å². The Morgan fingerprint density at radius 3 is 2.52 bits per heavy atom. The maximum atomic E-state index is 11.4. The fourth-order valence-corrected chi connectivity index (χ4v) is 2.66. The molecule has 0 saturated heterocycles. The van der Waals surface area contributed by atoms with Gasteiger partial charge in [0.05, 0.1) is 13.7 Å². The molecule has 0 saturated carbocycles. The summed E-state index contributed by atoms with van der Waals surface area (Å²) in [6.07, 6.45) is 8.27. The summed E-state index contributed by atoms with van der Waals surface area (Å²) in [6, 6.07) is 9.77. The van der Waals surface area contributed by atoms with Crippen LogP contribution in [0.3, 0.4) is 0 Å². The zero-order chi connectivity index (χ0) is 17.9. The summed E-state index contributed by atoms with van der Waals surface area (Å²) >= 11 is 0. The first-order valence-electron chi connectivity index (χ1n) is 9.07. The maximum Gasteiger partial charge on any atom is 0.358 e. The average molecular weight is 344 g/mol. The number of hydrogen-bond donors (Lipinski definition) is 1. The molecule has 5 nitrogen and oxygen atoms in total.